The van der Waals surface area contributed by atoms with Gasteiger partial charge < -0.3 is 9.97 Å². The van der Waals surface area contributed by atoms with E-state index in [0.29, 0.717) is 0 Å². The van der Waals surface area contributed by atoms with E-state index in [0.717, 1.165) is 33.9 Å². The minimum absolute atomic E-state index is 0. The van der Waals surface area contributed by atoms with Gasteiger partial charge in [-0.1, -0.05) is 30.3 Å². The Bertz CT molecular complexity index is 1220. The van der Waals surface area contributed by atoms with Gasteiger partial charge in [-0.2, -0.15) is 0 Å². The van der Waals surface area contributed by atoms with Crippen LogP contribution in [0.5, 0.6) is 0 Å². The first-order valence-corrected chi connectivity index (χ1v) is 10.9. The van der Waals surface area contributed by atoms with Gasteiger partial charge in [-0.05, 0) is 49.5 Å². The molecule has 5 rings (SSSR count). The van der Waals surface area contributed by atoms with Gasteiger partial charge in [-0.3, -0.25) is 4.98 Å². The topological polar surface area (TPSA) is 38.7 Å². The standard InChI is InChI=1S/C19H17N2.C11H8N.Pt/c1-19(2,17-12-6-7-14-20-17)18-13-8-11-16(21-18)15-9-4-3-5-10-15;1-2-6-10(7-3-1)11-8-4-5-9-12-11;/h3-9,11-14H,1-2H3;1-6,8-9H;/q2*-1;+2. The summed E-state index contributed by atoms with van der Waals surface area (Å²) >= 11 is 0. The van der Waals surface area contributed by atoms with E-state index in [4.69, 9.17) is 4.98 Å². The van der Waals surface area contributed by atoms with Crippen LogP contribution in [-0.2, 0) is 26.5 Å². The van der Waals surface area contributed by atoms with Crippen LogP contribution in [0.2, 0.25) is 0 Å². The molecular formula is C30H25N3Pt. The van der Waals surface area contributed by atoms with E-state index in [1.54, 1.807) is 6.20 Å². The van der Waals surface area contributed by atoms with Crippen LogP contribution in [0.25, 0.3) is 22.5 Å². The SMILES string of the molecule is CC(C)(c1ccccn1)c1cccc(-c2[c-]cccc2)n1.[Pt+2].[c-]1ccccc1-c1ccccn1. The zero-order valence-electron chi connectivity index (χ0n) is 19.1. The van der Waals surface area contributed by atoms with Crippen LogP contribution >= 0.6 is 0 Å². The molecule has 0 fully saturated rings. The van der Waals surface area contributed by atoms with Gasteiger partial charge in [0.05, 0.1) is 5.69 Å². The minimum atomic E-state index is -0.230. The third-order valence-corrected chi connectivity index (χ3v) is 5.33. The van der Waals surface area contributed by atoms with Crippen molar-refractivity contribution in [3.8, 4) is 22.5 Å². The first kappa shape index (κ1) is 25.2. The van der Waals surface area contributed by atoms with Crippen LogP contribution in [0.3, 0.4) is 0 Å². The summed E-state index contributed by atoms with van der Waals surface area (Å²) in [6.45, 7) is 4.30. The van der Waals surface area contributed by atoms with Crippen molar-refractivity contribution in [1.29, 1.82) is 0 Å². The molecule has 2 aromatic carbocycles. The van der Waals surface area contributed by atoms with Gasteiger partial charge >= 0.3 is 21.1 Å². The molecule has 0 aliphatic heterocycles. The molecule has 3 aromatic heterocycles. The minimum Gasteiger partial charge on any atom is -0.305 e. The van der Waals surface area contributed by atoms with E-state index in [-0.39, 0.29) is 26.5 Å². The van der Waals surface area contributed by atoms with Gasteiger partial charge in [0.1, 0.15) is 0 Å². The van der Waals surface area contributed by atoms with Crippen molar-refractivity contribution in [3.05, 3.63) is 139 Å². The first-order valence-electron chi connectivity index (χ1n) is 10.9. The summed E-state index contributed by atoms with van der Waals surface area (Å²) in [7, 11) is 0. The van der Waals surface area contributed by atoms with Crippen LogP contribution in [-0.4, -0.2) is 15.0 Å². The van der Waals surface area contributed by atoms with Gasteiger partial charge in [-0.25, -0.2) is 0 Å². The second kappa shape index (κ2) is 12.2. The van der Waals surface area contributed by atoms with Crippen molar-refractivity contribution in [1.82, 2.24) is 15.0 Å². The summed E-state index contributed by atoms with van der Waals surface area (Å²) in [4.78, 5) is 13.5. The zero-order chi connectivity index (χ0) is 22.9. The second-order valence-corrected chi connectivity index (χ2v) is 8.02. The molecule has 3 nitrogen and oxygen atoms in total. The molecule has 4 heteroatoms. The Kier molecular flexibility index (Phi) is 9.01. The Morgan fingerprint density at radius 1 is 0.559 bits per heavy atom. The third-order valence-electron chi connectivity index (χ3n) is 5.33. The van der Waals surface area contributed by atoms with Crippen molar-refractivity contribution in [2.45, 2.75) is 19.3 Å². The Balaban J connectivity index is 0.000000212. The maximum atomic E-state index is 4.82. The van der Waals surface area contributed by atoms with E-state index in [9.17, 15) is 0 Å². The molecule has 0 saturated heterocycles. The Morgan fingerprint density at radius 3 is 1.68 bits per heavy atom. The number of benzene rings is 2. The molecule has 3 heterocycles. The number of pyridine rings is 3. The fraction of sp³-hybridized carbons (Fsp3) is 0.100. The van der Waals surface area contributed by atoms with Gasteiger partial charge in [0.15, 0.2) is 0 Å². The Morgan fingerprint density at radius 2 is 1.12 bits per heavy atom. The number of hydrogen-bond donors (Lipinski definition) is 0. The largest absolute Gasteiger partial charge is 2.00 e. The molecule has 0 saturated carbocycles. The average Bonchev–Trinajstić information content (AvgIpc) is 2.91. The van der Waals surface area contributed by atoms with E-state index in [1.807, 2.05) is 103 Å². The van der Waals surface area contributed by atoms with Crippen LogP contribution in [0.4, 0.5) is 0 Å². The molecule has 5 aromatic rings. The molecule has 34 heavy (non-hydrogen) atoms. The van der Waals surface area contributed by atoms with Crippen molar-refractivity contribution in [2.24, 2.45) is 0 Å². The molecular weight excluding hydrogens is 597 g/mol. The molecule has 0 N–H and O–H groups in total. The summed E-state index contributed by atoms with van der Waals surface area (Å²) in [5.41, 5.74) is 5.76. The van der Waals surface area contributed by atoms with Crippen molar-refractivity contribution in [2.75, 3.05) is 0 Å². The van der Waals surface area contributed by atoms with Crippen LogP contribution in [0.1, 0.15) is 25.2 Å². The van der Waals surface area contributed by atoms with Gasteiger partial charge in [0.25, 0.3) is 0 Å². The van der Waals surface area contributed by atoms with E-state index < -0.39 is 0 Å². The second-order valence-electron chi connectivity index (χ2n) is 8.02. The fourth-order valence-electron chi connectivity index (χ4n) is 3.42. The molecule has 0 aliphatic rings. The van der Waals surface area contributed by atoms with E-state index in [1.165, 1.54) is 0 Å². The molecule has 0 atom stereocenters. The summed E-state index contributed by atoms with van der Waals surface area (Å²) in [5.74, 6) is 0. The quantitative estimate of drug-likeness (QED) is 0.207. The van der Waals surface area contributed by atoms with Crippen molar-refractivity contribution in [3.63, 3.8) is 0 Å². The average molecular weight is 623 g/mol. The van der Waals surface area contributed by atoms with Crippen molar-refractivity contribution >= 4 is 0 Å². The Hall–Kier alpha value is -3.42. The summed E-state index contributed by atoms with van der Waals surface area (Å²) in [6.07, 6.45) is 3.61. The third kappa shape index (κ3) is 6.33. The first-order chi connectivity index (χ1) is 16.1. The number of rotatable bonds is 4. The molecule has 0 aliphatic carbocycles. The monoisotopic (exact) mass is 622 g/mol. The number of hydrogen-bond acceptors (Lipinski definition) is 3. The van der Waals surface area contributed by atoms with Gasteiger partial charge in [0.2, 0.25) is 0 Å². The van der Waals surface area contributed by atoms with Gasteiger partial charge in [-0.15, -0.1) is 71.8 Å². The Labute approximate surface area is 216 Å². The molecule has 0 bridgehead atoms. The predicted octanol–water partition coefficient (Wildman–Crippen LogP) is 6.82. The fourth-order valence-corrected chi connectivity index (χ4v) is 3.42. The van der Waals surface area contributed by atoms with E-state index in [2.05, 4.69) is 42.0 Å². The van der Waals surface area contributed by atoms with Crippen LogP contribution < -0.4 is 0 Å². The zero-order valence-corrected chi connectivity index (χ0v) is 21.4. The summed E-state index contributed by atoms with van der Waals surface area (Å²) < 4.78 is 0. The smallest absolute Gasteiger partial charge is 0.305 e. The molecule has 170 valence electrons. The van der Waals surface area contributed by atoms with Gasteiger partial charge in [0, 0.05) is 23.5 Å². The molecule has 0 spiro atoms. The summed E-state index contributed by atoms with van der Waals surface area (Å²) in [5, 5.41) is 0. The maximum absolute atomic E-state index is 4.82. The number of aromatic nitrogens is 3. The van der Waals surface area contributed by atoms with Crippen LogP contribution in [0.15, 0.2) is 116 Å². The predicted molar refractivity (Wildman–Crippen MR) is 133 cm³/mol. The molecule has 0 amide bonds. The van der Waals surface area contributed by atoms with Crippen molar-refractivity contribution < 1.29 is 21.1 Å². The maximum Gasteiger partial charge on any atom is 2.00 e. The molecule has 0 unspecified atom stereocenters. The summed E-state index contributed by atoms with van der Waals surface area (Å²) in [6, 6.07) is 40.1. The van der Waals surface area contributed by atoms with Crippen LogP contribution in [0, 0.1) is 12.1 Å². The number of nitrogens with zero attached hydrogens (tertiary/aromatic N) is 3. The molecule has 0 radical (unpaired) electrons. The normalized spacial score (nSPS) is 10.4. The van der Waals surface area contributed by atoms with E-state index >= 15 is 0 Å².